The van der Waals surface area contributed by atoms with E-state index >= 15 is 0 Å². The Hall–Kier alpha value is 0. The molecule has 0 rings (SSSR count). The van der Waals surface area contributed by atoms with E-state index in [1.54, 1.807) is 0 Å². The molecule has 0 aromatic rings. The lowest BCUT2D eigenvalue weighted by Gasteiger charge is -2.40. The van der Waals surface area contributed by atoms with Crippen LogP contribution in [0.1, 0.15) is 178 Å². The molecule has 0 fully saturated rings. The fourth-order valence-corrected chi connectivity index (χ4v) is 5.84. The lowest BCUT2D eigenvalue weighted by molar-refractivity contribution is 0.0942. The first-order valence-corrected chi connectivity index (χ1v) is 15.7. The minimum absolute atomic E-state index is 0.478. The van der Waals surface area contributed by atoms with Gasteiger partial charge in [0.05, 0.1) is 0 Å². The van der Waals surface area contributed by atoms with Gasteiger partial charge < -0.3 is 0 Å². The zero-order chi connectivity index (χ0) is 25.1. The third-order valence-corrected chi connectivity index (χ3v) is 9.71. The van der Waals surface area contributed by atoms with Crippen molar-refractivity contribution in [1.29, 1.82) is 0 Å². The third kappa shape index (κ3) is 16.3. The van der Waals surface area contributed by atoms with Crippen LogP contribution in [0.15, 0.2) is 0 Å². The highest BCUT2D eigenvalue weighted by Gasteiger charge is 2.33. The van der Waals surface area contributed by atoms with E-state index in [0.717, 1.165) is 29.6 Å². The largest absolute Gasteiger partial charge is 0.0654 e. The van der Waals surface area contributed by atoms with Gasteiger partial charge >= 0.3 is 0 Å². The molecule has 0 heterocycles. The molecular formula is C33H68. The molecular weight excluding hydrogens is 396 g/mol. The van der Waals surface area contributed by atoms with Crippen LogP contribution in [-0.4, -0.2) is 0 Å². The summed E-state index contributed by atoms with van der Waals surface area (Å²) in [5.41, 5.74) is 0.478. The monoisotopic (exact) mass is 465 g/mol. The fraction of sp³-hybridized carbons (Fsp3) is 1.00. The average molecular weight is 465 g/mol. The standard InChI is InChI=1S/C33H68/c1-10-12-13-14-15-16-19-22-25-28(3)26-23-20-17-18-21-24-27-33(8,9)32(7)31(6)30(5)29(4)11-2/h28-32H,10-27H2,1-9H3. The van der Waals surface area contributed by atoms with E-state index in [1.807, 2.05) is 0 Å². The molecule has 0 aliphatic carbocycles. The summed E-state index contributed by atoms with van der Waals surface area (Å²) in [6, 6.07) is 0. The van der Waals surface area contributed by atoms with Crippen molar-refractivity contribution < 1.29 is 0 Å². The van der Waals surface area contributed by atoms with Crippen LogP contribution >= 0.6 is 0 Å². The Morgan fingerprint density at radius 2 is 0.939 bits per heavy atom. The number of unbranched alkanes of at least 4 members (excludes halogenated alkanes) is 12. The van der Waals surface area contributed by atoms with Crippen molar-refractivity contribution in [1.82, 2.24) is 0 Å². The van der Waals surface area contributed by atoms with Crippen molar-refractivity contribution >= 4 is 0 Å². The smallest absolute Gasteiger partial charge is 0.0326 e. The maximum atomic E-state index is 2.53. The van der Waals surface area contributed by atoms with Crippen molar-refractivity contribution in [2.24, 2.45) is 35.0 Å². The second kappa shape index (κ2) is 20.2. The van der Waals surface area contributed by atoms with Gasteiger partial charge in [0.25, 0.3) is 0 Å². The molecule has 0 aliphatic rings. The molecule has 33 heavy (non-hydrogen) atoms. The second-order valence-corrected chi connectivity index (χ2v) is 12.9. The highest BCUT2D eigenvalue weighted by Crippen LogP contribution is 2.41. The van der Waals surface area contributed by atoms with Gasteiger partial charge in [-0.3, -0.25) is 0 Å². The first kappa shape index (κ1) is 33.0. The van der Waals surface area contributed by atoms with Crippen LogP contribution in [0.3, 0.4) is 0 Å². The van der Waals surface area contributed by atoms with E-state index in [1.165, 1.54) is 116 Å². The molecule has 0 aliphatic heterocycles. The zero-order valence-corrected chi connectivity index (χ0v) is 25.1. The summed E-state index contributed by atoms with van der Waals surface area (Å²) in [5, 5.41) is 0. The van der Waals surface area contributed by atoms with E-state index in [2.05, 4.69) is 62.3 Å². The molecule has 0 N–H and O–H groups in total. The van der Waals surface area contributed by atoms with Crippen LogP contribution < -0.4 is 0 Å². The molecule has 0 heteroatoms. The summed E-state index contributed by atoms with van der Waals surface area (Å²) < 4.78 is 0. The van der Waals surface area contributed by atoms with Gasteiger partial charge in [0.15, 0.2) is 0 Å². The Bertz CT molecular complexity index is 408. The maximum absolute atomic E-state index is 2.53. The summed E-state index contributed by atoms with van der Waals surface area (Å²) in [4.78, 5) is 0. The SMILES string of the molecule is CCCCCCCCCCC(C)CCCCCCCCC(C)(C)C(C)C(C)C(C)C(C)CC. The summed E-state index contributed by atoms with van der Waals surface area (Å²) >= 11 is 0. The van der Waals surface area contributed by atoms with Gasteiger partial charge in [-0.05, 0) is 41.4 Å². The lowest BCUT2D eigenvalue weighted by Crippen LogP contribution is -2.32. The highest BCUT2D eigenvalue weighted by atomic mass is 14.4. The van der Waals surface area contributed by atoms with Crippen LogP contribution in [0.4, 0.5) is 0 Å². The van der Waals surface area contributed by atoms with Crippen molar-refractivity contribution in [2.45, 2.75) is 178 Å². The second-order valence-electron chi connectivity index (χ2n) is 12.9. The predicted molar refractivity (Wildman–Crippen MR) is 154 cm³/mol. The molecule has 0 nitrogen and oxygen atoms in total. The first-order chi connectivity index (χ1) is 15.7. The van der Waals surface area contributed by atoms with Crippen LogP contribution in [0.2, 0.25) is 0 Å². The zero-order valence-electron chi connectivity index (χ0n) is 25.1. The molecule has 200 valence electrons. The van der Waals surface area contributed by atoms with Crippen LogP contribution in [0, 0.1) is 35.0 Å². The van der Waals surface area contributed by atoms with Gasteiger partial charge in [-0.1, -0.05) is 171 Å². The minimum Gasteiger partial charge on any atom is -0.0654 e. The van der Waals surface area contributed by atoms with Crippen molar-refractivity contribution in [3.05, 3.63) is 0 Å². The molecule has 0 radical (unpaired) electrons. The minimum atomic E-state index is 0.478. The van der Waals surface area contributed by atoms with Crippen molar-refractivity contribution in [3.63, 3.8) is 0 Å². The van der Waals surface area contributed by atoms with Crippen LogP contribution in [0.25, 0.3) is 0 Å². The Balaban J connectivity index is 3.72. The van der Waals surface area contributed by atoms with Crippen molar-refractivity contribution in [2.75, 3.05) is 0 Å². The number of hydrogen-bond acceptors (Lipinski definition) is 0. The molecule has 0 aromatic heterocycles. The molecule has 0 aromatic carbocycles. The summed E-state index contributed by atoms with van der Waals surface area (Å²) in [6.45, 7) is 22.2. The quantitative estimate of drug-likeness (QED) is 0.132. The van der Waals surface area contributed by atoms with Crippen LogP contribution in [0.5, 0.6) is 0 Å². The lowest BCUT2D eigenvalue weighted by atomic mass is 9.65. The molecule has 5 atom stereocenters. The van der Waals surface area contributed by atoms with E-state index in [9.17, 15) is 0 Å². The highest BCUT2D eigenvalue weighted by molar-refractivity contribution is 4.82. The molecule has 0 saturated carbocycles. The number of hydrogen-bond donors (Lipinski definition) is 0. The summed E-state index contributed by atoms with van der Waals surface area (Å²) in [5.74, 6) is 4.27. The van der Waals surface area contributed by atoms with E-state index < -0.39 is 0 Å². The fourth-order valence-electron chi connectivity index (χ4n) is 5.84. The average Bonchev–Trinajstić information content (AvgIpc) is 2.80. The Labute approximate surface area is 212 Å². The molecule has 0 spiro atoms. The Morgan fingerprint density at radius 1 is 0.515 bits per heavy atom. The van der Waals surface area contributed by atoms with Gasteiger partial charge in [-0.2, -0.15) is 0 Å². The van der Waals surface area contributed by atoms with E-state index in [-0.39, 0.29) is 0 Å². The summed E-state index contributed by atoms with van der Waals surface area (Å²) in [7, 11) is 0. The third-order valence-electron chi connectivity index (χ3n) is 9.71. The molecule has 0 bridgehead atoms. The van der Waals surface area contributed by atoms with E-state index in [0.29, 0.717) is 5.41 Å². The van der Waals surface area contributed by atoms with Gasteiger partial charge in [-0.15, -0.1) is 0 Å². The maximum Gasteiger partial charge on any atom is -0.0326 e. The Morgan fingerprint density at radius 3 is 1.39 bits per heavy atom. The normalized spacial score (nSPS) is 17.0. The molecule has 0 saturated heterocycles. The van der Waals surface area contributed by atoms with Gasteiger partial charge in [0, 0.05) is 0 Å². The first-order valence-electron chi connectivity index (χ1n) is 15.7. The molecule has 5 unspecified atom stereocenters. The number of rotatable bonds is 23. The van der Waals surface area contributed by atoms with Crippen LogP contribution in [-0.2, 0) is 0 Å². The van der Waals surface area contributed by atoms with E-state index in [4.69, 9.17) is 0 Å². The summed E-state index contributed by atoms with van der Waals surface area (Å²) in [6.07, 6.45) is 26.0. The molecule has 0 amide bonds. The van der Waals surface area contributed by atoms with Gasteiger partial charge in [-0.25, -0.2) is 0 Å². The topological polar surface area (TPSA) is 0 Å². The Kier molecular flexibility index (Phi) is 20.2. The predicted octanol–water partition coefficient (Wildman–Crippen LogP) is 12.3. The van der Waals surface area contributed by atoms with Gasteiger partial charge in [0.2, 0.25) is 0 Å². The van der Waals surface area contributed by atoms with Crippen molar-refractivity contribution in [3.8, 4) is 0 Å². The van der Waals surface area contributed by atoms with Gasteiger partial charge in [0.1, 0.15) is 0 Å².